The van der Waals surface area contributed by atoms with Crippen LogP contribution in [0.4, 0.5) is 4.79 Å². The third kappa shape index (κ3) is 11.1. The molecule has 1 aliphatic rings. The van der Waals surface area contributed by atoms with Crippen LogP contribution in [0.2, 0.25) is 0 Å². The second-order valence-corrected chi connectivity index (χ2v) is 10.2. The largest absolute Gasteiger partial charge is 0.453 e. The monoisotopic (exact) mass is 609 g/mol. The predicted octanol–water partition coefficient (Wildman–Crippen LogP) is 2.87. The van der Waals surface area contributed by atoms with Gasteiger partial charge in [0.05, 0.1) is 38.4 Å². The molecule has 44 heavy (non-hydrogen) atoms. The number of ether oxygens (including phenoxy) is 4. The lowest BCUT2D eigenvalue weighted by atomic mass is 9.89. The molecule has 11 nitrogen and oxygen atoms in total. The van der Waals surface area contributed by atoms with Crippen LogP contribution in [0.25, 0.3) is 0 Å². The SMILES string of the molecule is CC(=O)O[C@@H](C(=O)C=CC(=O)CCCOCCOCCO)[C@@H](Cc1ccccc1)C(=O)N1C(=O)OC[C@H]1Cc1ccccc1. The Labute approximate surface area is 256 Å². The Bertz CT molecular complexity index is 1260. The molecule has 3 atom stereocenters. The van der Waals surface area contributed by atoms with Gasteiger partial charge in [-0.3, -0.25) is 19.2 Å². The number of benzene rings is 2. The van der Waals surface area contributed by atoms with Gasteiger partial charge in [-0.2, -0.15) is 0 Å². The van der Waals surface area contributed by atoms with Crippen LogP contribution in [0.15, 0.2) is 72.8 Å². The number of cyclic esters (lactones) is 1. The number of hydrogen-bond donors (Lipinski definition) is 1. The summed E-state index contributed by atoms with van der Waals surface area (Å²) >= 11 is 0. The molecule has 11 heteroatoms. The van der Waals surface area contributed by atoms with Crippen molar-refractivity contribution in [3.05, 3.63) is 83.9 Å². The normalized spacial score (nSPS) is 16.0. The van der Waals surface area contributed by atoms with Crippen molar-refractivity contribution in [2.75, 3.05) is 39.6 Å². The lowest BCUT2D eigenvalue weighted by Gasteiger charge is -2.29. The molecule has 2 amide bonds. The van der Waals surface area contributed by atoms with E-state index in [1.165, 1.54) is 0 Å². The van der Waals surface area contributed by atoms with Gasteiger partial charge in [-0.15, -0.1) is 0 Å². The lowest BCUT2D eigenvalue weighted by Crippen LogP contribution is -2.49. The molecule has 0 aromatic heterocycles. The van der Waals surface area contributed by atoms with Gasteiger partial charge in [0.25, 0.3) is 0 Å². The van der Waals surface area contributed by atoms with Crippen molar-refractivity contribution in [3.8, 4) is 0 Å². The second-order valence-electron chi connectivity index (χ2n) is 10.2. The number of rotatable bonds is 19. The third-order valence-corrected chi connectivity index (χ3v) is 6.82. The van der Waals surface area contributed by atoms with Gasteiger partial charge in [0.2, 0.25) is 5.91 Å². The number of aliphatic hydroxyl groups excluding tert-OH is 1. The molecule has 0 spiro atoms. The summed E-state index contributed by atoms with van der Waals surface area (Å²) in [6.45, 7) is 2.21. The Hall–Kier alpha value is -4.19. The first-order valence-electron chi connectivity index (χ1n) is 14.6. The van der Waals surface area contributed by atoms with Crippen LogP contribution in [-0.2, 0) is 51.0 Å². The van der Waals surface area contributed by atoms with Crippen molar-refractivity contribution in [3.63, 3.8) is 0 Å². The van der Waals surface area contributed by atoms with Gasteiger partial charge >= 0.3 is 12.1 Å². The molecule has 1 heterocycles. The van der Waals surface area contributed by atoms with Gasteiger partial charge in [-0.25, -0.2) is 9.69 Å². The van der Waals surface area contributed by atoms with Gasteiger partial charge in [0, 0.05) is 20.0 Å². The summed E-state index contributed by atoms with van der Waals surface area (Å²) < 4.78 is 21.1. The van der Waals surface area contributed by atoms with Crippen LogP contribution >= 0.6 is 0 Å². The minimum atomic E-state index is -1.59. The van der Waals surface area contributed by atoms with Gasteiger partial charge in [-0.05, 0) is 42.5 Å². The first-order valence-corrected chi connectivity index (χ1v) is 14.6. The Morgan fingerprint density at radius 3 is 2.20 bits per heavy atom. The molecule has 0 saturated carbocycles. The molecule has 1 saturated heterocycles. The van der Waals surface area contributed by atoms with E-state index >= 15 is 0 Å². The van der Waals surface area contributed by atoms with Gasteiger partial charge in [0.15, 0.2) is 17.7 Å². The summed E-state index contributed by atoms with van der Waals surface area (Å²) in [5.74, 6) is -3.88. The van der Waals surface area contributed by atoms with E-state index in [1.807, 2.05) is 30.3 Å². The van der Waals surface area contributed by atoms with Crippen LogP contribution in [0.1, 0.15) is 30.9 Å². The quantitative estimate of drug-likeness (QED) is 0.143. The maximum Gasteiger partial charge on any atom is 0.416 e. The molecule has 1 fully saturated rings. The summed E-state index contributed by atoms with van der Waals surface area (Å²) in [5.41, 5.74) is 1.58. The van der Waals surface area contributed by atoms with Crippen LogP contribution in [0.3, 0.4) is 0 Å². The predicted molar refractivity (Wildman–Crippen MR) is 158 cm³/mol. The maximum absolute atomic E-state index is 14.1. The van der Waals surface area contributed by atoms with Crippen LogP contribution < -0.4 is 0 Å². The van der Waals surface area contributed by atoms with E-state index in [2.05, 4.69) is 0 Å². The molecule has 236 valence electrons. The number of hydrogen-bond acceptors (Lipinski definition) is 10. The number of amides is 2. The average molecular weight is 610 g/mol. The van der Waals surface area contributed by atoms with Crippen LogP contribution in [0.5, 0.6) is 0 Å². The van der Waals surface area contributed by atoms with Gasteiger partial charge in [-0.1, -0.05) is 60.7 Å². The number of ketones is 2. The molecule has 1 N–H and O–H groups in total. The topological polar surface area (TPSA) is 146 Å². The number of allylic oxidation sites excluding steroid dienone is 1. The highest BCUT2D eigenvalue weighted by atomic mass is 16.6. The lowest BCUT2D eigenvalue weighted by molar-refractivity contribution is -0.158. The van der Waals surface area contributed by atoms with E-state index in [1.54, 1.807) is 30.3 Å². The van der Waals surface area contributed by atoms with E-state index in [-0.39, 0.29) is 38.4 Å². The van der Waals surface area contributed by atoms with E-state index < -0.39 is 41.8 Å². The molecule has 2 aromatic carbocycles. The number of esters is 1. The number of carbonyl (C=O) groups excluding carboxylic acids is 5. The standard InChI is InChI=1S/C33H39NO10/c1-24(36)44-31(30(38)15-14-28(37)13-8-17-41-19-20-42-18-16-35)29(22-26-11-6-3-7-12-26)32(39)34-27(23-43-33(34)40)21-25-9-4-2-5-10-25/h2-7,9-12,14-15,27,29,31,35H,8,13,16-23H2,1H3/t27-,29-,31-/m1/s1. The third-order valence-electron chi connectivity index (χ3n) is 6.82. The summed E-state index contributed by atoms with van der Waals surface area (Å²) in [5, 5.41) is 8.68. The Morgan fingerprint density at radius 1 is 0.932 bits per heavy atom. The first-order chi connectivity index (χ1) is 21.3. The first kappa shape index (κ1) is 34.3. The van der Waals surface area contributed by atoms with Crippen molar-refractivity contribution in [1.82, 2.24) is 4.90 Å². The molecule has 0 unspecified atom stereocenters. The fraction of sp³-hybridized carbons (Fsp3) is 0.424. The van der Waals surface area contributed by atoms with Crippen molar-refractivity contribution in [1.29, 1.82) is 0 Å². The van der Waals surface area contributed by atoms with Gasteiger partial charge in [0.1, 0.15) is 6.61 Å². The average Bonchev–Trinajstić information content (AvgIpc) is 3.38. The number of aliphatic hydroxyl groups is 1. The van der Waals surface area contributed by atoms with Crippen molar-refractivity contribution < 1.29 is 48.0 Å². The Morgan fingerprint density at radius 2 is 1.57 bits per heavy atom. The highest BCUT2D eigenvalue weighted by molar-refractivity contribution is 6.04. The van der Waals surface area contributed by atoms with E-state index in [9.17, 15) is 24.0 Å². The molecule has 3 rings (SSSR count). The van der Waals surface area contributed by atoms with E-state index in [0.29, 0.717) is 38.2 Å². The fourth-order valence-electron chi connectivity index (χ4n) is 4.74. The Kier molecular flexibility index (Phi) is 14.4. The van der Waals surface area contributed by atoms with Crippen LogP contribution in [-0.4, -0.2) is 91.3 Å². The molecule has 0 radical (unpaired) electrons. The molecule has 1 aliphatic heterocycles. The second kappa shape index (κ2) is 18.5. The molecular formula is C33H39NO10. The number of carbonyl (C=O) groups is 5. The fourth-order valence-corrected chi connectivity index (χ4v) is 4.74. The highest BCUT2D eigenvalue weighted by Gasteiger charge is 2.45. The zero-order chi connectivity index (χ0) is 31.7. The van der Waals surface area contributed by atoms with Crippen molar-refractivity contribution >= 4 is 29.5 Å². The number of nitrogens with zero attached hydrogens (tertiary/aromatic N) is 1. The molecular weight excluding hydrogens is 570 g/mol. The van der Waals surface area contributed by atoms with Gasteiger partial charge < -0.3 is 24.1 Å². The minimum Gasteiger partial charge on any atom is -0.453 e. The summed E-state index contributed by atoms with van der Waals surface area (Å²) in [4.78, 5) is 65.9. The smallest absolute Gasteiger partial charge is 0.416 e. The summed E-state index contributed by atoms with van der Waals surface area (Å²) in [6.07, 6.45) is 0.521. The highest BCUT2D eigenvalue weighted by Crippen LogP contribution is 2.26. The molecule has 2 aromatic rings. The summed E-state index contributed by atoms with van der Waals surface area (Å²) in [7, 11) is 0. The molecule has 0 aliphatic carbocycles. The maximum atomic E-state index is 14.1. The Balaban J connectivity index is 1.75. The van der Waals surface area contributed by atoms with Crippen molar-refractivity contribution in [2.24, 2.45) is 5.92 Å². The van der Waals surface area contributed by atoms with Crippen molar-refractivity contribution in [2.45, 2.75) is 44.8 Å². The number of imide groups is 1. The zero-order valence-corrected chi connectivity index (χ0v) is 24.8. The zero-order valence-electron chi connectivity index (χ0n) is 24.8. The van der Waals surface area contributed by atoms with Crippen LogP contribution in [0, 0.1) is 5.92 Å². The van der Waals surface area contributed by atoms with E-state index in [0.717, 1.165) is 29.5 Å². The minimum absolute atomic E-state index is 0.00760. The summed E-state index contributed by atoms with van der Waals surface area (Å²) in [6, 6.07) is 17.6. The molecule has 0 bridgehead atoms. The van der Waals surface area contributed by atoms with E-state index in [4.69, 9.17) is 24.1 Å².